The second-order valence-electron chi connectivity index (χ2n) is 4.61. The van der Waals surface area contributed by atoms with Crippen LogP contribution in [0, 0.1) is 0 Å². The number of nitrogens with zero attached hydrogens (tertiary/aromatic N) is 1. The Morgan fingerprint density at radius 2 is 2.05 bits per heavy atom. The van der Waals surface area contributed by atoms with Crippen LogP contribution in [0.25, 0.3) is 10.2 Å². The van der Waals surface area contributed by atoms with E-state index in [-0.39, 0.29) is 0 Å². The van der Waals surface area contributed by atoms with E-state index in [1.165, 1.54) is 0 Å². The molecule has 1 heterocycles. The van der Waals surface area contributed by atoms with Gasteiger partial charge in [0.25, 0.3) is 0 Å². The number of methoxy groups -OCH3 is 2. The zero-order valence-corrected chi connectivity index (χ0v) is 12.7. The van der Waals surface area contributed by atoms with Crippen molar-refractivity contribution >= 4 is 32.4 Å². The van der Waals surface area contributed by atoms with Crippen molar-refractivity contribution < 1.29 is 9.47 Å². The van der Waals surface area contributed by atoms with E-state index in [2.05, 4.69) is 16.4 Å². The molecule has 0 aliphatic heterocycles. The molecule has 0 amide bonds. The monoisotopic (exact) mass is 300 g/mol. The Kier molecular flexibility index (Phi) is 4.03. The maximum absolute atomic E-state index is 5.24. The van der Waals surface area contributed by atoms with Crippen LogP contribution in [0.3, 0.4) is 0 Å². The van der Waals surface area contributed by atoms with Crippen molar-refractivity contribution in [2.24, 2.45) is 0 Å². The SMILES string of the molecule is COCc1cccc(Nc2nc3ccc(OC)cc3s2)c1. The summed E-state index contributed by atoms with van der Waals surface area (Å²) in [4.78, 5) is 4.58. The second-order valence-corrected chi connectivity index (χ2v) is 5.64. The van der Waals surface area contributed by atoms with Gasteiger partial charge in [-0.2, -0.15) is 0 Å². The molecule has 0 aliphatic rings. The van der Waals surface area contributed by atoms with Crippen molar-refractivity contribution in [2.45, 2.75) is 6.61 Å². The molecule has 2 aromatic carbocycles. The second kappa shape index (κ2) is 6.11. The topological polar surface area (TPSA) is 43.4 Å². The highest BCUT2D eigenvalue weighted by Gasteiger charge is 2.05. The van der Waals surface area contributed by atoms with Gasteiger partial charge in [0.1, 0.15) is 5.75 Å². The summed E-state index contributed by atoms with van der Waals surface area (Å²) in [5.41, 5.74) is 3.11. The average Bonchev–Trinajstić information content (AvgIpc) is 2.89. The molecule has 0 atom stereocenters. The third kappa shape index (κ3) is 3.15. The van der Waals surface area contributed by atoms with Crippen LogP contribution in [-0.2, 0) is 11.3 Å². The number of fused-ring (bicyclic) bond motifs is 1. The average molecular weight is 300 g/mol. The van der Waals surface area contributed by atoms with Gasteiger partial charge in [-0.15, -0.1) is 0 Å². The molecule has 1 N–H and O–H groups in total. The summed E-state index contributed by atoms with van der Waals surface area (Å²) >= 11 is 1.61. The fourth-order valence-corrected chi connectivity index (χ4v) is 3.03. The Morgan fingerprint density at radius 1 is 1.14 bits per heavy atom. The first-order chi connectivity index (χ1) is 10.3. The minimum atomic E-state index is 0.604. The molecule has 4 nitrogen and oxygen atoms in total. The standard InChI is InChI=1S/C16H16N2O2S/c1-19-10-11-4-3-5-12(8-11)17-16-18-14-7-6-13(20-2)9-15(14)21-16/h3-9H,10H2,1-2H3,(H,17,18). The van der Waals surface area contributed by atoms with E-state index in [0.29, 0.717) is 6.61 Å². The van der Waals surface area contributed by atoms with Crippen LogP contribution in [-0.4, -0.2) is 19.2 Å². The van der Waals surface area contributed by atoms with Gasteiger partial charge in [-0.05, 0) is 35.9 Å². The molecule has 21 heavy (non-hydrogen) atoms. The number of aromatic nitrogens is 1. The molecule has 0 spiro atoms. The van der Waals surface area contributed by atoms with Crippen molar-refractivity contribution in [1.82, 2.24) is 4.98 Å². The quantitative estimate of drug-likeness (QED) is 0.767. The first-order valence-corrected chi connectivity index (χ1v) is 7.39. The Balaban J connectivity index is 1.85. The molecule has 3 aromatic rings. The Bertz CT molecular complexity index is 755. The van der Waals surface area contributed by atoms with Crippen molar-refractivity contribution in [2.75, 3.05) is 19.5 Å². The Morgan fingerprint density at radius 3 is 2.86 bits per heavy atom. The van der Waals surface area contributed by atoms with E-state index in [4.69, 9.17) is 9.47 Å². The van der Waals surface area contributed by atoms with Crippen molar-refractivity contribution in [3.05, 3.63) is 48.0 Å². The molecule has 0 saturated heterocycles. The number of hydrogen-bond donors (Lipinski definition) is 1. The molecule has 0 aliphatic carbocycles. The summed E-state index contributed by atoms with van der Waals surface area (Å²) in [6, 6.07) is 14.0. The van der Waals surface area contributed by atoms with Crippen molar-refractivity contribution in [3.63, 3.8) is 0 Å². The molecule has 3 rings (SSSR count). The highest BCUT2D eigenvalue weighted by molar-refractivity contribution is 7.22. The summed E-state index contributed by atoms with van der Waals surface area (Å²) in [5.74, 6) is 0.847. The van der Waals surface area contributed by atoms with Gasteiger partial charge in [-0.1, -0.05) is 23.5 Å². The Labute approximate surface area is 127 Å². The minimum Gasteiger partial charge on any atom is -0.497 e. The number of thiazole rings is 1. The van der Waals surface area contributed by atoms with Crippen molar-refractivity contribution in [3.8, 4) is 5.75 Å². The molecule has 0 fully saturated rings. The first-order valence-electron chi connectivity index (χ1n) is 6.58. The molecular weight excluding hydrogens is 284 g/mol. The van der Waals surface area contributed by atoms with Gasteiger partial charge in [0.2, 0.25) is 0 Å². The predicted octanol–water partition coefficient (Wildman–Crippen LogP) is 4.19. The summed E-state index contributed by atoms with van der Waals surface area (Å²) in [6.45, 7) is 0.604. The first kappa shape index (κ1) is 13.9. The summed E-state index contributed by atoms with van der Waals surface area (Å²) in [7, 11) is 3.36. The lowest BCUT2D eigenvalue weighted by molar-refractivity contribution is 0.185. The normalized spacial score (nSPS) is 10.8. The van der Waals surface area contributed by atoms with Crippen LogP contribution >= 0.6 is 11.3 Å². The highest BCUT2D eigenvalue weighted by atomic mass is 32.1. The number of hydrogen-bond acceptors (Lipinski definition) is 5. The molecule has 0 saturated carbocycles. The largest absolute Gasteiger partial charge is 0.497 e. The van der Waals surface area contributed by atoms with Gasteiger partial charge >= 0.3 is 0 Å². The van der Waals surface area contributed by atoms with Gasteiger partial charge in [0.05, 0.1) is 23.9 Å². The number of benzene rings is 2. The molecule has 5 heteroatoms. The van der Waals surface area contributed by atoms with E-state index in [0.717, 1.165) is 32.3 Å². The smallest absolute Gasteiger partial charge is 0.188 e. The summed E-state index contributed by atoms with van der Waals surface area (Å²) in [5, 5.41) is 4.21. The van der Waals surface area contributed by atoms with Crippen LogP contribution in [0.2, 0.25) is 0 Å². The minimum absolute atomic E-state index is 0.604. The van der Waals surface area contributed by atoms with E-state index in [1.54, 1.807) is 25.6 Å². The number of ether oxygens (including phenoxy) is 2. The molecule has 0 unspecified atom stereocenters. The van der Waals surface area contributed by atoms with E-state index in [9.17, 15) is 0 Å². The number of nitrogens with one attached hydrogen (secondary N) is 1. The van der Waals surface area contributed by atoms with Crippen LogP contribution < -0.4 is 10.1 Å². The van der Waals surface area contributed by atoms with Crippen LogP contribution in [0.5, 0.6) is 5.75 Å². The third-order valence-electron chi connectivity index (χ3n) is 3.08. The lowest BCUT2D eigenvalue weighted by Crippen LogP contribution is -1.92. The van der Waals surface area contributed by atoms with E-state index < -0.39 is 0 Å². The van der Waals surface area contributed by atoms with Crippen LogP contribution in [0.15, 0.2) is 42.5 Å². The Hall–Kier alpha value is -2.11. The molecule has 0 bridgehead atoms. The molecule has 1 aromatic heterocycles. The molecule has 108 valence electrons. The molecule has 0 radical (unpaired) electrons. The molecular formula is C16H16N2O2S. The lowest BCUT2D eigenvalue weighted by atomic mass is 10.2. The zero-order valence-electron chi connectivity index (χ0n) is 11.9. The fourth-order valence-electron chi connectivity index (χ4n) is 2.11. The van der Waals surface area contributed by atoms with Crippen LogP contribution in [0.1, 0.15) is 5.56 Å². The van der Waals surface area contributed by atoms with Gasteiger partial charge in [0.15, 0.2) is 5.13 Å². The van der Waals surface area contributed by atoms with Gasteiger partial charge in [-0.3, -0.25) is 0 Å². The van der Waals surface area contributed by atoms with Crippen molar-refractivity contribution in [1.29, 1.82) is 0 Å². The maximum Gasteiger partial charge on any atom is 0.188 e. The third-order valence-corrected chi connectivity index (χ3v) is 4.02. The van der Waals surface area contributed by atoms with Gasteiger partial charge in [-0.25, -0.2) is 4.98 Å². The number of anilines is 2. The van der Waals surface area contributed by atoms with Crippen LogP contribution in [0.4, 0.5) is 10.8 Å². The lowest BCUT2D eigenvalue weighted by Gasteiger charge is -2.05. The summed E-state index contributed by atoms with van der Waals surface area (Å²) < 4.78 is 11.5. The predicted molar refractivity (Wildman–Crippen MR) is 86.6 cm³/mol. The highest BCUT2D eigenvalue weighted by Crippen LogP contribution is 2.31. The zero-order chi connectivity index (χ0) is 14.7. The van der Waals surface area contributed by atoms with E-state index in [1.807, 2.05) is 36.4 Å². The van der Waals surface area contributed by atoms with Gasteiger partial charge in [0, 0.05) is 12.8 Å². The van der Waals surface area contributed by atoms with E-state index >= 15 is 0 Å². The summed E-state index contributed by atoms with van der Waals surface area (Å²) in [6.07, 6.45) is 0. The maximum atomic E-state index is 5.24. The fraction of sp³-hybridized carbons (Fsp3) is 0.188. The number of rotatable bonds is 5. The van der Waals surface area contributed by atoms with Gasteiger partial charge < -0.3 is 14.8 Å².